The summed E-state index contributed by atoms with van der Waals surface area (Å²) in [5.74, 6) is -0.440. The molecule has 2 heterocycles. The van der Waals surface area contributed by atoms with Gasteiger partial charge in [-0.2, -0.15) is 13.2 Å². The van der Waals surface area contributed by atoms with E-state index in [1.54, 1.807) is 9.13 Å². The molecule has 0 N–H and O–H groups in total. The molecule has 1 fully saturated rings. The number of nitrogens with zero attached hydrogens (tertiary/aromatic N) is 3. The van der Waals surface area contributed by atoms with Crippen LogP contribution in [0.25, 0.3) is 11.0 Å². The van der Waals surface area contributed by atoms with Gasteiger partial charge in [0, 0.05) is 24.6 Å². The average molecular weight is 526 g/mol. The van der Waals surface area contributed by atoms with Crippen LogP contribution in [0, 0.1) is 11.7 Å². The summed E-state index contributed by atoms with van der Waals surface area (Å²) in [6, 6.07) is 17.9. The number of halogens is 4. The number of ketones is 1. The zero-order chi connectivity index (χ0) is 26.9. The van der Waals surface area contributed by atoms with Gasteiger partial charge in [-0.25, -0.2) is 9.18 Å². The van der Waals surface area contributed by atoms with Crippen LogP contribution in [-0.4, -0.2) is 39.5 Å². The van der Waals surface area contributed by atoms with Crippen molar-refractivity contribution < 1.29 is 22.4 Å². The quantitative estimate of drug-likeness (QED) is 0.233. The fourth-order valence-electron chi connectivity index (χ4n) is 5.13. The Morgan fingerprint density at radius 2 is 1.42 bits per heavy atom. The summed E-state index contributed by atoms with van der Waals surface area (Å²) in [7, 11) is 0. The minimum absolute atomic E-state index is 0.0345. The Morgan fingerprint density at radius 1 is 0.816 bits per heavy atom. The molecule has 0 radical (unpaired) electrons. The molecule has 0 saturated carbocycles. The highest BCUT2D eigenvalue weighted by Gasteiger charge is 2.30. The van der Waals surface area contributed by atoms with Gasteiger partial charge in [-0.05, 0) is 80.0 Å². The van der Waals surface area contributed by atoms with E-state index in [1.807, 2.05) is 24.3 Å². The lowest BCUT2D eigenvalue weighted by molar-refractivity contribution is -0.137. The van der Waals surface area contributed by atoms with Crippen LogP contribution >= 0.6 is 0 Å². The zero-order valence-electron chi connectivity index (χ0n) is 20.6. The molecule has 5 rings (SSSR count). The van der Waals surface area contributed by atoms with Gasteiger partial charge in [-0.1, -0.05) is 24.3 Å². The molecule has 1 saturated heterocycles. The van der Waals surface area contributed by atoms with E-state index in [-0.39, 0.29) is 29.8 Å². The highest BCUT2D eigenvalue weighted by molar-refractivity contribution is 5.97. The number of benzene rings is 3. The maximum absolute atomic E-state index is 13.4. The number of likely N-dealkylation sites (tertiary alicyclic amines) is 1. The Hall–Kier alpha value is -3.72. The molecule has 1 aromatic heterocycles. The van der Waals surface area contributed by atoms with Crippen LogP contribution in [0.15, 0.2) is 77.6 Å². The van der Waals surface area contributed by atoms with Crippen LogP contribution < -0.4 is 5.69 Å². The second-order valence-corrected chi connectivity index (χ2v) is 9.69. The Morgan fingerprint density at radius 3 is 2.03 bits per heavy atom. The summed E-state index contributed by atoms with van der Waals surface area (Å²) in [5.41, 5.74) is 1.69. The van der Waals surface area contributed by atoms with Gasteiger partial charge in [0.1, 0.15) is 5.82 Å². The highest BCUT2D eigenvalue weighted by Crippen LogP contribution is 2.29. The van der Waals surface area contributed by atoms with E-state index in [0.29, 0.717) is 37.1 Å². The summed E-state index contributed by atoms with van der Waals surface area (Å²) in [4.78, 5) is 28.4. The fourth-order valence-corrected chi connectivity index (χ4v) is 5.13. The van der Waals surface area contributed by atoms with E-state index in [4.69, 9.17) is 0 Å². The van der Waals surface area contributed by atoms with Crippen molar-refractivity contribution in [2.45, 2.75) is 32.1 Å². The molecule has 4 aromatic rings. The van der Waals surface area contributed by atoms with Crippen molar-refractivity contribution >= 4 is 16.8 Å². The number of para-hydroxylation sites is 2. The van der Waals surface area contributed by atoms with E-state index < -0.39 is 11.7 Å². The lowest BCUT2D eigenvalue weighted by Crippen LogP contribution is -2.39. The number of hydrogen-bond donors (Lipinski definition) is 0. The van der Waals surface area contributed by atoms with Crippen LogP contribution in [0.4, 0.5) is 17.6 Å². The van der Waals surface area contributed by atoms with Gasteiger partial charge in [0.15, 0.2) is 5.78 Å². The topological polar surface area (TPSA) is 47.2 Å². The van der Waals surface area contributed by atoms with Gasteiger partial charge in [0.05, 0.1) is 23.1 Å². The van der Waals surface area contributed by atoms with Crippen molar-refractivity contribution in [1.82, 2.24) is 14.0 Å². The van der Waals surface area contributed by atoms with E-state index in [9.17, 15) is 27.2 Å². The molecular weight excluding hydrogens is 498 g/mol. The predicted molar refractivity (Wildman–Crippen MR) is 137 cm³/mol. The number of Topliss-reactive ketones (excluding diaryl/α,β-unsaturated/α-hetero) is 1. The number of piperidine rings is 1. The first-order valence-corrected chi connectivity index (χ1v) is 12.6. The van der Waals surface area contributed by atoms with Gasteiger partial charge in [0.25, 0.3) is 0 Å². The molecule has 0 amide bonds. The van der Waals surface area contributed by atoms with E-state index in [1.165, 1.54) is 36.4 Å². The monoisotopic (exact) mass is 525 g/mol. The molecule has 3 aromatic carbocycles. The number of fused-ring (bicyclic) bond motifs is 1. The molecule has 1 aliphatic rings. The second kappa shape index (κ2) is 10.6. The van der Waals surface area contributed by atoms with E-state index >= 15 is 0 Å². The molecule has 9 heteroatoms. The molecule has 0 bridgehead atoms. The van der Waals surface area contributed by atoms with Crippen molar-refractivity contribution in [3.05, 3.63) is 106 Å². The van der Waals surface area contributed by atoms with Gasteiger partial charge in [0.2, 0.25) is 0 Å². The number of hydrogen-bond acceptors (Lipinski definition) is 3. The number of imidazole rings is 1. The standard InChI is InChI=1S/C29H27F4N3O2/c30-24-11-7-21(8-12-24)27(37)22-13-15-34(16-14-22)17-18-35-25-3-1-2-4-26(25)36(28(35)38)19-20-5-9-23(10-6-20)29(31,32)33/h1-12,22H,13-19H2. The number of carbonyl (C=O) groups is 1. The van der Waals surface area contributed by atoms with E-state index in [0.717, 1.165) is 36.3 Å². The maximum Gasteiger partial charge on any atom is 0.416 e. The largest absolute Gasteiger partial charge is 0.416 e. The highest BCUT2D eigenvalue weighted by atomic mass is 19.4. The first-order chi connectivity index (χ1) is 18.2. The predicted octanol–water partition coefficient (Wildman–Crippen LogP) is 5.60. The third kappa shape index (κ3) is 5.43. The first-order valence-electron chi connectivity index (χ1n) is 12.6. The molecule has 0 unspecified atom stereocenters. The number of alkyl halides is 3. The van der Waals surface area contributed by atoms with Crippen molar-refractivity contribution in [1.29, 1.82) is 0 Å². The van der Waals surface area contributed by atoms with Crippen molar-refractivity contribution in [2.24, 2.45) is 5.92 Å². The molecule has 0 atom stereocenters. The van der Waals surface area contributed by atoms with Crippen LogP contribution in [-0.2, 0) is 19.3 Å². The summed E-state index contributed by atoms with van der Waals surface area (Å²) in [5, 5.41) is 0. The van der Waals surface area contributed by atoms with Gasteiger partial charge in [-0.3, -0.25) is 13.9 Å². The molecule has 5 nitrogen and oxygen atoms in total. The Labute approximate surface area is 216 Å². The molecule has 38 heavy (non-hydrogen) atoms. The summed E-state index contributed by atoms with van der Waals surface area (Å²) in [6.07, 6.45) is -3.02. The van der Waals surface area contributed by atoms with Crippen molar-refractivity contribution in [3.63, 3.8) is 0 Å². The minimum atomic E-state index is -4.41. The second-order valence-electron chi connectivity index (χ2n) is 9.69. The molecule has 0 spiro atoms. The van der Waals surface area contributed by atoms with E-state index in [2.05, 4.69) is 4.90 Å². The van der Waals surface area contributed by atoms with Crippen molar-refractivity contribution in [2.75, 3.05) is 19.6 Å². The number of aromatic nitrogens is 2. The lowest BCUT2D eigenvalue weighted by atomic mass is 9.89. The third-order valence-corrected chi connectivity index (χ3v) is 7.27. The summed E-state index contributed by atoms with van der Waals surface area (Å²) in [6.45, 7) is 2.69. The van der Waals surface area contributed by atoms with Crippen LogP contribution in [0.5, 0.6) is 0 Å². The third-order valence-electron chi connectivity index (χ3n) is 7.27. The average Bonchev–Trinajstić information content (AvgIpc) is 3.18. The molecule has 0 aliphatic carbocycles. The Bertz CT molecular complexity index is 1480. The van der Waals surface area contributed by atoms with Crippen molar-refractivity contribution in [3.8, 4) is 0 Å². The SMILES string of the molecule is O=C(c1ccc(F)cc1)C1CCN(CCn2c(=O)n(Cc3ccc(C(F)(F)F)cc3)c3ccccc32)CC1. The molecular formula is C29H27F4N3O2. The molecule has 1 aliphatic heterocycles. The van der Waals surface area contributed by atoms with Gasteiger partial charge < -0.3 is 4.90 Å². The van der Waals surface area contributed by atoms with Crippen LogP contribution in [0.2, 0.25) is 0 Å². The lowest BCUT2D eigenvalue weighted by Gasteiger charge is -2.31. The summed E-state index contributed by atoms with van der Waals surface area (Å²) >= 11 is 0. The number of rotatable bonds is 7. The minimum Gasteiger partial charge on any atom is -0.302 e. The normalized spacial score (nSPS) is 15.3. The smallest absolute Gasteiger partial charge is 0.302 e. The van der Waals surface area contributed by atoms with Crippen LogP contribution in [0.3, 0.4) is 0 Å². The zero-order valence-corrected chi connectivity index (χ0v) is 20.6. The maximum atomic E-state index is 13.4. The number of carbonyl (C=O) groups excluding carboxylic acids is 1. The van der Waals surface area contributed by atoms with Gasteiger partial charge in [-0.15, -0.1) is 0 Å². The Balaban J connectivity index is 1.26. The van der Waals surface area contributed by atoms with Crippen LogP contribution in [0.1, 0.15) is 34.3 Å². The summed E-state index contributed by atoms with van der Waals surface area (Å²) < 4.78 is 55.2. The first kappa shape index (κ1) is 25.9. The molecule has 198 valence electrons. The van der Waals surface area contributed by atoms with Gasteiger partial charge >= 0.3 is 11.9 Å². The Kier molecular flexibility index (Phi) is 7.21. The fraction of sp³-hybridized carbons (Fsp3) is 0.310.